The first kappa shape index (κ1) is 13.3. The van der Waals surface area contributed by atoms with Crippen molar-refractivity contribution in [2.24, 2.45) is 5.73 Å². The van der Waals surface area contributed by atoms with E-state index in [4.69, 9.17) is 29.6 Å². The van der Waals surface area contributed by atoms with Crippen molar-refractivity contribution < 1.29 is 0 Å². The maximum Gasteiger partial charge on any atom is 0.112 e. The number of hydrogen-bond acceptors (Lipinski definition) is 4. The Hall–Kier alpha value is -1.17. The Kier molecular flexibility index (Phi) is 4.16. The van der Waals surface area contributed by atoms with Crippen molar-refractivity contribution in [3.8, 4) is 0 Å². The number of halogens is 1. The van der Waals surface area contributed by atoms with Gasteiger partial charge in [0.2, 0.25) is 0 Å². The second kappa shape index (κ2) is 5.65. The van der Waals surface area contributed by atoms with Gasteiger partial charge in [0.25, 0.3) is 0 Å². The molecule has 0 atom stereocenters. The SMILES string of the molecule is Cc1csc(CNc2cccc(Cl)c2C(N)=S)n1. The van der Waals surface area contributed by atoms with Crippen LogP contribution in [-0.2, 0) is 6.54 Å². The van der Waals surface area contributed by atoms with Crippen LogP contribution in [0.25, 0.3) is 0 Å². The number of benzene rings is 1. The Balaban J connectivity index is 2.19. The minimum Gasteiger partial charge on any atom is -0.389 e. The van der Waals surface area contributed by atoms with Crippen LogP contribution in [0.3, 0.4) is 0 Å². The fourth-order valence-corrected chi connectivity index (χ4v) is 2.84. The quantitative estimate of drug-likeness (QED) is 0.850. The molecule has 0 saturated carbocycles. The van der Waals surface area contributed by atoms with Crippen LogP contribution < -0.4 is 11.1 Å². The molecule has 94 valence electrons. The molecule has 18 heavy (non-hydrogen) atoms. The van der Waals surface area contributed by atoms with Crippen molar-refractivity contribution in [3.63, 3.8) is 0 Å². The van der Waals surface area contributed by atoms with Gasteiger partial charge >= 0.3 is 0 Å². The highest BCUT2D eigenvalue weighted by Crippen LogP contribution is 2.25. The van der Waals surface area contributed by atoms with E-state index in [1.165, 1.54) is 0 Å². The number of anilines is 1. The predicted molar refractivity (Wildman–Crippen MR) is 81.5 cm³/mol. The van der Waals surface area contributed by atoms with Crippen LogP contribution in [0.5, 0.6) is 0 Å². The van der Waals surface area contributed by atoms with Gasteiger partial charge in [0.05, 0.1) is 17.1 Å². The van der Waals surface area contributed by atoms with E-state index in [-0.39, 0.29) is 0 Å². The van der Waals surface area contributed by atoms with E-state index in [0.29, 0.717) is 22.1 Å². The zero-order valence-electron chi connectivity index (χ0n) is 9.74. The topological polar surface area (TPSA) is 50.9 Å². The summed E-state index contributed by atoms with van der Waals surface area (Å²) < 4.78 is 0. The van der Waals surface area contributed by atoms with E-state index in [2.05, 4.69) is 10.3 Å². The van der Waals surface area contributed by atoms with Gasteiger partial charge in [-0.2, -0.15) is 0 Å². The van der Waals surface area contributed by atoms with Gasteiger partial charge in [0, 0.05) is 16.8 Å². The Morgan fingerprint density at radius 2 is 2.33 bits per heavy atom. The molecule has 0 aliphatic heterocycles. The minimum atomic E-state index is 0.290. The monoisotopic (exact) mass is 297 g/mol. The fourth-order valence-electron chi connectivity index (χ4n) is 1.58. The van der Waals surface area contributed by atoms with Crippen LogP contribution in [0.4, 0.5) is 5.69 Å². The fraction of sp³-hybridized carbons (Fsp3) is 0.167. The van der Waals surface area contributed by atoms with Crippen LogP contribution in [-0.4, -0.2) is 9.97 Å². The molecule has 0 spiro atoms. The van der Waals surface area contributed by atoms with Crippen LogP contribution in [0.15, 0.2) is 23.6 Å². The number of rotatable bonds is 4. The van der Waals surface area contributed by atoms with Gasteiger partial charge in [-0.3, -0.25) is 0 Å². The summed E-state index contributed by atoms with van der Waals surface area (Å²) in [6.45, 7) is 2.61. The summed E-state index contributed by atoms with van der Waals surface area (Å²) in [5.74, 6) is 0. The smallest absolute Gasteiger partial charge is 0.112 e. The van der Waals surface area contributed by atoms with Gasteiger partial charge in [0.1, 0.15) is 10.00 Å². The first-order chi connectivity index (χ1) is 8.58. The third-order valence-electron chi connectivity index (χ3n) is 2.36. The highest BCUT2D eigenvalue weighted by Gasteiger charge is 2.09. The molecule has 0 saturated heterocycles. The Bertz CT molecular complexity index is 580. The predicted octanol–water partition coefficient (Wildman–Crippen LogP) is 3.35. The van der Waals surface area contributed by atoms with Gasteiger partial charge in [-0.15, -0.1) is 11.3 Å². The molecule has 0 fully saturated rings. The second-order valence-corrected chi connectivity index (χ2v) is 5.55. The molecule has 6 heteroatoms. The number of aryl methyl sites for hydroxylation is 1. The molecule has 0 unspecified atom stereocenters. The zero-order chi connectivity index (χ0) is 13.1. The molecule has 0 aliphatic carbocycles. The van der Waals surface area contributed by atoms with Crippen molar-refractivity contribution in [1.29, 1.82) is 0 Å². The summed E-state index contributed by atoms with van der Waals surface area (Å²) in [5.41, 5.74) is 8.23. The molecule has 1 aromatic carbocycles. The summed E-state index contributed by atoms with van der Waals surface area (Å²) in [5, 5.41) is 6.85. The molecule has 0 aliphatic rings. The number of aromatic nitrogens is 1. The van der Waals surface area contributed by atoms with E-state index >= 15 is 0 Å². The average molecular weight is 298 g/mol. The van der Waals surface area contributed by atoms with Crippen molar-refractivity contribution in [3.05, 3.63) is 44.9 Å². The Morgan fingerprint density at radius 3 is 2.94 bits per heavy atom. The van der Waals surface area contributed by atoms with Crippen LogP contribution in [0.2, 0.25) is 5.02 Å². The van der Waals surface area contributed by atoms with Gasteiger partial charge < -0.3 is 11.1 Å². The summed E-state index contributed by atoms with van der Waals surface area (Å²) in [6.07, 6.45) is 0. The maximum atomic E-state index is 6.09. The normalized spacial score (nSPS) is 10.3. The largest absolute Gasteiger partial charge is 0.389 e. The molecule has 2 aromatic rings. The maximum absolute atomic E-state index is 6.09. The summed E-state index contributed by atoms with van der Waals surface area (Å²) in [4.78, 5) is 4.67. The molecule has 1 aromatic heterocycles. The zero-order valence-corrected chi connectivity index (χ0v) is 12.1. The van der Waals surface area contributed by atoms with Gasteiger partial charge in [-0.05, 0) is 19.1 Å². The van der Waals surface area contributed by atoms with Crippen molar-refractivity contribution in [2.45, 2.75) is 13.5 Å². The summed E-state index contributed by atoms with van der Waals surface area (Å²) in [7, 11) is 0. The number of nitrogens with zero attached hydrogens (tertiary/aromatic N) is 1. The summed E-state index contributed by atoms with van der Waals surface area (Å²) in [6, 6.07) is 5.54. The standard InChI is InChI=1S/C12H12ClN3S2/c1-7-6-18-10(16-7)5-15-9-4-2-3-8(13)11(9)12(14)17/h2-4,6,15H,5H2,1H3,(H2,14,17). The lowest BCUT2D eigenvalue weighted by atomic mass is 10.1. The third kappa shape index (κ3) is 2.98. The number of nitrogens with one attached hydrogen (secondary N) is 1. The van der Waals surface area contributed by atoms with Crippen LogP contribution in [0.1, 0.15) is 16.3 Å². The lowest BCUT2D eigenvalue weighted by Crippen LogP contribution is -2.13. The van der Waals surface area contributed by atoms with E-state index < -0.39 is 0 Å². The van der Waals surface area contributed by atoms with E-state index in [1.54, 1.807) is 17.4 Å². The Labute approximate surface area is 120 Å². The molecule has 1 heterocycles. The molecule has 2 rings (SSSR count). The lowest BCUT2D eigenvalue weighted by Gasteiger charge is -2.11. The number of thiocarbonyl (C=S) groups is 1. The second-order valence-electron chi connectivity index (χ2n) is 3.76. The van der Waals surface area contributed by atoms with E-state index in [9.17, 15) is 0 Å². The third-order valence-corrected chi connectivity index (χ3v) is 3.84. The Morgan fingerprint density at radius 1 is 1.56 bits per heavy atom. The van der Waals surface area contributed by atoms with Crippen molar-refractivity contribution >= 4 is 45.8 Å². The van der Waals surface area contributed by atoms with E-state index in [1.807, 2.05) is 24.4 Å². The molecule has 0 radical (unpaired) electrons. The van der Waals surface area contributed by atoms with Crippen molar-refractivity contribution in [1.82, 2.24) is 4.98 Å². The molecular formula is C12H12ClN3S2. The lowest BCUT2D eigenvalue weighted by molar-refractivity contribution is 1.07. The minimum absolute atomic E-state index is 0.290. The molecule has 3 N–H and O–H groups in total. The van der Waals surface area contributed by atoms with Gasteiger partial charge in [-0.1, -0.05) is 29.9 Å². The number of thiazole rings is 1. The molecular weight excluding hydrogens is 286 g/mol. The highest BCUT2D eigenvalue weighted by atomic mass is 35.5. The average Bonchev–Trinajstić information content (AvgIpc) is 2.72. The van der Waals surface area contributed by atoms with Crippen molar-refractivity contribution in [2.75, 3.05) is 5.32 Å². The first-order valence-corrected chi connectivity index (χ1v) is 6.97. The van der Waals surface area contributed by atoms with Crippen LogP contribution >= 0.6 is 35.2 Å². The van der Waals surface area contributed by atoms with E-state index in [0.717, 1.165) is 16.4 Å². The molecule has 0 bridgehead atoms. The van der Waals surface area contributed by atoms with Crippen LogP contribution in [0, 0.1) is 6.92 Å². The number of nitrogens with two attached hydrogens (primary N) is 1. The molecule has 3 nitrogen and oxygen atoms in total. The first-order valence-electron chi connectivity index (χ1n) is 5.31. The molecule has 0 amide bonds. The summed E-state index contributed by atoms with van der Waals surface area (Å²) >= 11 is 12.7. The highest BCUT2D eigenvalue weighted by molar-refractivity contribution is 7.80. The van der Waals surface area contributed by atoms with Gasteiger partial charge in [-0.25, -0.2) is 4.98 Å². The van der Waals surface area contributed by atoms with Gasteiger partial charge in [0.15, 0.2) is 0 Å². The number of hydrogen-bond donors (Lipinski definition) is 2.